The largest absolute Gasteiger partial charge is 0.357 e. The molecule has 7 nitrogen and oxygen atoms in total. The van der Waals surface area contributed by atoms with Gasteiger partial charge < -0.3 is 15.2 Å². The van der Waals surface area contributed by atoms with E-state index in [4.69, 9.17) is 4.99 Å². The molecule has 1 aromatic carbocycles. The zero-order chi connectivity index (χ0) is 21.9. The van der Waals surface area contributed by atoms with Crippen molar-refractivity contribution in [2.45, 2.75) is 46.3 Å². The van der Waals surface area contributed by atoms with Gasteiger partial charge in [0.1, 0.15) is 0 Å². The first-order chi connectivity index (χ1) is 15.2. The van der Waals surface area contributed by atoms with E-state index in [-0.39, 0.29) is 29.5 Å². The van der Waals surface area contributed by atoms with E-state index in [2.05, 4.69) is 40.9 Å². The van der Waals surface area contributed by atoms with Crippen molar-refractivity contribution in [1.82, 2.24) is 25.0 Å². The van der Waals surface area contributed by atoms with Crippen LogP contribution in [0.15, 0.2) is 70.7 Å². The van der Waals surface area contributed by atoms with Crippen molar-refractivity contribution in [3.05, 3.63) is 88.1 Å². The molecule has 3 aromatic rings. The maximum atomic E-state index is 12.0. The van der Waals surface area contributed by atoms with Crippen LogP contribution >= 0.6 is 24.0 Å². The molecule has 0 aliphatic heterocycles. The highest BCUT2D eigenvalue weighted by molar-refractivity contribution is 14.0. The Hall–Kier alpha value is -2.62. The first kappa shape index (κ1) is 25.6. The number of guanidine groups is 1. The fourth-order valence-electron chi connectivity index (χ4n) is 3.45. The molecule has 0 amide bonds. The summed E-state index contributed by atoms with van der Waals surface area (Å²) in [6.45, 7) is 7.72. The number of halogens is 1. The lowest BCUT2D eigenvalue weighted by Crippen LogP contribution is -2.37. The van der Waals surface area contributed by atoms with Gasteiger partial charge in [-0.25, -0.2) is 4.99 Å². The molecule has 0 fully saturated rings. The molecule has 0 bridgehead atoms. The average Bonchev–Trinajstić information content (AvgIpc) is 3.27. The Labute approximate surface area is 207 Å². The van der Waals surface area contributed by atoms with E-state index in [0.29, 0.717) is 6.54 Å². The van der Waals surface area contributed by atoms with Gasteiger partial charge in [-0.05, 0) is 49.9 Å². The van der Waals surface area contributed by atoms with Crippen LogP contribution < -0.4 is 16.2 Å². The topological polar surface area (TPSA) is 76.2 Å². The lowest BCUT2D eigenvalue weighted by atomic mass is 10.1. The number of hydrogen-bond donors (Lipinski definition) is 2. The molecule has 2 heterocycles. The molecule has 0 saturated heterocycles. The van der Waals surface area contributed by atoms with E-state index in [0.717, 1.165) is 50.7 Å². The number of pyridine rings is 1. The molecular formula is C24H33IN6O. The summed E-state index contributed by atoms with van der Waals surface area (Å²) in [5.74, 6) is 0.810. The second-order valence-electron chi connectivity index (χ2n) is 7.46. The van der Waals surface area contributed by atoms with Crippen LogP contribution in [0.5, 0.6) is 0 Å². The maximum absolute atomic E-state index is 12.0. The van der Waals surface area contributed by atoms with Gasteiger partial charge in [0.25, 0.3) is 5.56 Å². The van der Waals surface area contributed by atoms with Gasteiger partial charge in [0.05, 0.1) is 13.1 Å². The minimum atomic E-state index is 0. The predicted molar refractivity (Wildman–Crippen MR) is 141 cm³/mol. The van der Waals surface area contributed by atoms with Crippen LogP contribution in [0.1, 0.15) is 36.6 Å². The van der Waals surface area contributed by atoms with Crippen LogP contribution in [-0.2, 0) is 19.6 Å². The van der Waals surface area contributed by atoms with Gasteiger partial charge in [0, 0.05) is 43.8 Å². The summed E-state index contributed by atoms with van der Waals surface area (Å²) in [6.07, 6.45) is 5.66. The van der Waals surface area contributed by atoms with Crippen LogP contribution in [0, 0.1) is 6.92 Å². The van der Waals surface area contributed by atoms with Crippen molar-refractivity contribution in [2.24, 2.45) is 4.99 Å². The normalized spacial score (nSPS) is 11.1. The zero-order valence-corrected chi connectivity index (χ0v) is 21.2. The lowest BCUT2D eigenvalue weighted by molar-refractivity contribution is 0.575. The number of aryl methyl sites for hydroxylation is 1. The van der Waals surface area contributed by atoms with E-state index >= 15 is 0 Å². The summed E-state index contributed by atoms with van der Waals surface area (Å²) in [4.78, 5) is 16.7. The third-order valence-corrected chi connectivity index (χ3v) is 5.13. The summed E-state index contributed by atoms with van der Waals surface area (Å²) < 4.78 is 3.75. The van der Waals surface area contributed by atoms with Crippen molar-refractivity contribution in [2.75, 3.05) is 13.1 Å². The molecule has 0 saturated carbocycles. The molecule has 2 aromatic heterocycles. The number of rotatable bonds is 10. The Balaban J connectivity index is 0.00000363. The highest BCUT2D eigenvalue weighted by Crippen LogP contribution is 2.11. The highest BCUT2D eigenvalue weighted by Gasteiger charge is 2.04. The second-order valence-corrected chi connectivity index (χ2v) is 7.46. The van der Waals surface area contributed by atoms with Crippen LogP contribution in [0.3, 0.4) is 0 Å². The van der Waals surface area contributed by atoms with Crippen LogP contribution in [0.25, 0.3) is 0 Å². The molecule has 8 heteroatoms. The summed E-state index contributed by atoms with van der Waals surface area (Å²) in [7, 11) is 0. The van der Waals surface area contributed by atoms with Crippen LogP contribution in [0.4, 0.5) is 0 Å². The van der Waals surface area contributed by atoms with E-state index < -0.39 is 0 Å². The van der Waals surface area contributed by atoms with Crippen molar-refractivity contribution < 1.29 is 0 Å². The average molecular weight is 548 g/mol. The molecule has 172 valence electrons. The number of hydrogen-bond acceptors (Lipinski definition) is 3. The summed E-state index contributed by atoms with van der Waals surface area (Å²) in [5, 5.41) is 11.0. The molecular weight excluding hydrogens is 515 g/mol. The molecule has 0 atom stereocenters. The number of unbranched alkanes of at least 4 members (excludes halogenated alkanes) is 1. The Morgan fingerprint density at radius 1 is 1.03 bits per heavy atom. The van der Waals surface area contributed by atoms with Gasteiger partial charge in [-0.3, -0.25) is 9.48 Å². The maximum Gasteiger partial charge on any atom is 0.250 e. The molecule has 0 unspecified atom stereocenters. The van der Waals surface area contributed by atoms with Gasteiger partial charge in [-0.2, -0.15) is 5.10 Å². The van der Waals surface area contributed by atoms with Gasteiger partial charge in [0.2, 0.25) is 0 Å². The molecule has 3 rings (SSSR count). The van der Waals surface area contributed by atoms with Gasteiger partial charge >= 0.3 is 0 Å². The highest BCUT2D eigenvalue weighted by atomic mass is 127. The molecule has 0 aliphatic carbocycles. The summed E-state index contributed by atoms with van der Waals surface area (Å²) in [6, 6.07) is 15.7. The van der Waals surface area contributed by atoms with Gasteiger partial charge in [-0.15, -0.1) is 24.0 Å². The van der Waals surface area contributed by atoms with Gasteiger partial charge in [-0.1, -0.05) is 30.3 Å². The van der Waals surface area contributed by atoms with E-state index in [1.54, 1.807) is 12.3 Å². The molecule has 0 radical (unpaired) electrons. The fourth-order valence-corrected chi connectivity index (χ4v) is 3.45. The Morgan fingerprint density at radius 2 is 1.84 bits per heavy atom. The molecule has 32 heavy (non-hydrogen) atoms. The van der Waals surface area contributed by atoms with E-state index in [9.17, 15) is 4.79 Å². The predicted octanol–water partition coefficient (Wildman–Crippen LogP) is 3.56. The van der Waals surface area contributed by atoms with Crippen molar-refractivity contribution >= 4 is 29.9 Å². The van der Waals surface area contributed by atoms with E-state index in [1.807, 2.05) is 46.6 Å². The number of nitrogens with zero attached hydrogens (tertiary/aromatic N) is 4. The molecule has 0 aliphatic rings. The Bertz CT molecular complexity index is 1030. The van der Waals surface area contributed by atoms with E-state index in [1.165, 1.54) is 11.1 Å². The second kappa shape index (κ2) is 13.7. The summed E-state index contributed by atoms with van der Waals surface area (Å²) in [5.41, 5.74) is 3.48. The van der Waals surface area contributed by atoms with Crippen LogP contribution in [0.2, 0.25) is 0 Å². The quantitative estimate of drug-likeness (QED) is 0.176. The number of aliphatic imine (C=N–C) groups is 1. The minimum Gasteiger partial charge on any atom is -0.357 e. The minimum absolute atomic E-state index is 0. The number of aromatic nitrogens is 3. The Morgan fingerprint density at radius 3 is 2.56 bits per heavy atom. The van der Waals surface area contributed by atoms with Gasteiger partial charge in [0.15, 0.2) is 5.96 Å². The molecule has 2 N–H and O–H groups in total. The monoisotopic (exact) mass is 548 g/mol. The van der Waals surface area contributed by atoms with Crippen LogP contribution in [-0.4, -0.2) is 33.4 Å². The zero-order valence-electron chi connectivity index (χ0n) is 18.8. The third-order valence-electron chi connectivity index (χ3n) is 5.13. The first-order valence-electron chi connectivity index (χ1n) is 10.9. The fraction of sp³-hybridized carbons (Fsp3) is 0.375. The standard InChI is InChI=1S/C24H32N6O.HI/c1-3-25-24(26-14-6-7-17-30-20(2)10-8-13-23(30)31)27-18-21-11-4-5-12-22(21)19-29-16-9-15-28-29;/h4-5,8-13,15-16H,3,6-7,14,17-19H2,1-2H3,(H2,25,26,27);1H. The SMILES string of the molecule is CCNC(=NCc1ccccc1Cn1cccn1)NCCCCn1c(C)cccc1=O.I. The number of nitrogens with one attached hydrogen (secondary N) is 2. The smallest absolute Gasteiger partial charge is 0.250 e. The Kier molecular flexibility index (Phi) is 11.0. The first-order valence-corrected chi connectivity index (χ1v) is 10.9. The summed E-state index contributed by atoms with van der Waals surface area (Å²) >= 11 is 0. The lowest BCUT2D eigenvalue weighted by Gasteiger charge is -2.13. The van der Waals surface area contributed by atoms with Crippen molar-refractivity contribution in [3.63, 3.8) is 0 Å². The number of benzene rings is 1. The van der Waals surface area contributed by atoms with Crippen molar-refractivity contribution in [3.8, 4) is 0 Å². The molecule has 0 spiro atoms. The van der Waals surface area contributed by atoms with Crippen molar-refractivity contribution in [1.29, 1.82) is 0 Å². The third kappa shape index (κ3) is 7.81.